The summed E-state index contributed by atoms with van der Waals surface area (Å²) < 4.78 is 5.36. The molecule has 0 aliphatic heterocycles. The number of hydrogen-bond donors (Lipinski definition) is 1. The van der Waals surface area contributed by atoms with Gasteiger partial charge in [-0.15, -0.1) is 0 Å². The van der Waals surface area contributed by atoms with Gasteiger partial charge < -0.3 is 10.1 Å². The average molecular weight is 344 g/mol. The molecule has 0 fully saturated rings. The second-order valence-electron chi connectivity index (χ2n) is 6.35. The number of alkyl carbamates (subject to hydrolysis) is 1. The minimum Gasteiger partial charge on any atom is -0.449 e. The summed E-state index contributed by atoms with van der Waals surface area (Å²) in [5.74, 6) is -0.0158. The number of fused-ring (bicyclic) bond motifs is 3. The molecule has 1 N–H and O–H groups in total. The summed E-state index contributed by atoms with van der Waals surface area (Å²) in [5, 5.41) is 1.84. The number of amides is 1. The molecule has 0 saturated carbocycles. The molecule has 1 aliphatic rings. The van der Waals surface area contributed by atoms with Crippen molar-refractivity contribution in [2.45, 2.75) is 25.3 Å². The molecule has 4 nitrogen and oxygen atoms in total. The Morgan fingerprint density at radius 2 is 1.54 bits per heavy atom. The fourth-order valence-corrected chi connectivity index (χ4v) is 2.99. The van der Waals surface area contributed by atoms with Gasteiger partial charge in [-0.1, -0.05) is 48.5 Å². The molecule has 3 rings (SSSR count). The number of halogens is 1. The van der Waals surface area contributed by atoms with Crippen LogP contribution in [0.15, 0.2) is 48.5 Å². The van der Waals surface area contributed by atoms with Crippen molar-refractivity contribution in [3.63, 3.8) is 0 Å². The van der Waals surface area contributed by atoms with Crippen molar-refractivity contribution < 1.29 is 14.3 Å². The minimum atomic E-state index is -1.16. The first kappa shape index (κ1) is 16.5. The van der Waals surface area contributed by atoms with Crippen LogP contribution < -0.4 is 5.32 Å². The lowest BCUT2D eigenvalue weighted by Gasteiger charge is -2.22. The lowest BCUT2D eigenvalue weighted by Crippen LogP contribution is -2.48. The molecule has 0 heterocycles. The predicted molar refractivity (Wildman–Crippen MR) is 93.1 cm³/mol. The van der Waals surface area contributed by atoms with Crippen LogP contribution in [0, 0.1) is 0 Å². The quantitative estimate of drug-likeness (QED) is 0.851. The lowest BCUT2D eigenvalue weighted by molar-refractivity contribution is -0.116. The van der Waals surface area contributed by atoms with Gasteiger partial charge in [0.25, 0.3) is 0 Å². The second-order valence-corrected chi connectivity index (χ2v) is 6.69. The Bertz CT molecular complexity index is 755. The van der Waals surface area contributed by atoms with Crippen molar-refractivity contribution in [1.29, 1.82) is 0 Å². The Labute approximate surface area is 145 Å². The van der Waals surface area contributed by atoms with Gasteiger partial charge >= 0.3 is 6.09 Å². The predicted octanol–water partition coefficient (Wildman–Crippen LogP) is 4.07. The lowest BCUT2D eigenvalue weighted by atomic mass is 9.98. The summed E-state index contributed by atoms with van der Waals surface area (Å²) in [7, 11) is 0. The SMILES string of the molecule is CC(C)(NC(=O)OCC1c2ccccc2-c2ccccc21)C(=O)Cl. The van der Waals surface area contributed by atoms with Crippen LogP contribution in [-0.2, 0) is 9.53 Å². The van der Waals surface area contributed by atoms with E-state index >= 15 is 0 Å². The van der Waals surface area contributed by atoms with Crippen molar-refractivity contribution >= 4 is 22.9 Å². The van der Waals surface area contributed by atoms with E-state index in [0.29, 0.717) is 0 Å². The maximum Gasteiger partial charge on any atom is 0.407 e. The molecule has 0 spiro atoms. The van der Waals surface area contributed by atoms with Crippen LogP contribution in [0.3, 0.4) is 0 Å². The van der Waals surface area contributed by atoms with Crippen molar-refractivity contribution in [3.8, 4) is 11.1 Å². The highest BCUT2D eigenvalue weighted by Gasteiger charge is 2.31. The first-order valence-electron chi connectivity index (χ1n) is 7.73. The Morgan fingerprint density at radius 3 is 2.04 bits per heavy atom. The molecular weight excluding hydrogens is 326 g/mol. The van der Waals surface area contributed by atoms with Crippen molar-refractivity contribution in [3.05, 3.63) is 59.7 Å². The maximum absolute atomic E-state index is 12.0. The molecule has 0 aromatic heterocycles. The number of carbonyl (C=O) groups excluding carboxylic acids is 2. The standard InChI is InChI=1S/C19H18ClNO3/c1-19(2,17(20)22)21-18(23)24-11-16-14-9-5-3-7-12(14)13-8-4-6-10-15(13)16/h3-10,16H,11H2,1-2H3,(H,21,23). The fourth-order valence-electron chi connectivity index (χ4n) is 2.94. The minimum absolute atomic E-state index is 0.0158. The molecule has 0 bridgehead atoms. The third-order valence-corrected chi connectivity index (χ3v) is 4.72. The van der Waals surface area contributed by atoms with E-state index in [1.165, 1.54) is 25.0 Å². The van der Waals surface area contributed by atoms with E-state index in [-0.39, 0.29) is 12.5 Å². The van der Waals surface area contributed by atoms with Crippen LogP contribution in [0.2, 0.25) is 0 Å². The molecule has 0 atom stereocenters. The molecule has 2 aromatic rings. The van der Waals surface area contributed by atoms with E-state index in [2.05, 4.69) is 17.4 Å². The number of rotatable bonds is 4. The summed E-state index contributed by atoms with van der Waals surface area (Å²) in [5.41, 5.74) is 3.44. The normalized spacial score (nSPS) is 13.1. The maximum atomic E-state index is 12.0. The molecule has 0 unspecified atom stereocenters. The van der Waals surface area contributed by atoms with E-state index in [1.807, 2.05) is 36.4 Å². The van der Waals surface area contributed by atoms with Crippen LogP contribution in [-0.4, -0.2) is 23.5 Å². The summed E-state index contributed by atoms with van der Waals surface area (Å²) in [6.07, 6.45) is -0.657. The molecule has 0 saturated heterocycles. The molecule has 24 heavy (non-hydrogen) atoms. The first-order chi connectivity index (χ1) is 11.4. The Hall–Kier alpha value is -2.33. The van der Waals surface area contributed by atoms with Crippen LogP contribution >= 0.6 is 11.6 Å². The van der Waals surface area contributed by atoms with Gasteiger partial charge in [-0.25, -0.2) is 4.79 Å². The second kappa shape index (κ2) is 6.29. The first-order valence-corrected chi connectivity index (χ1v) is 8.11. The van der Waals surface area contributed by atoms with E-state index in [4.69, 9.17) is 16.3 Å². The molecular formula is C19H18ClNO3. The van der Waals surface area contributed by atoms with Crippen LogP contribution in [0.25, 0.3) is 11.1 Å². The van der Waals surface area contributed by atoms with E-state index < -0.39 is 16.9 Å². The smallest absolute Gasteiger partial charge is 0.407 e. The summed E-state index contributed by atoms with van der Waals surface area (Å²) >= 11 is 5.47. The van der Waals surface area contributed by atoms with Crippen LogP contribution in [0.5, 0.6) is 0 Å². The molecule has 1 amide bonds. The van der Waals surface area contributed by atoms with Gasteiger partial charge in [0, 0.05) is 5.92 Å². The third-order valence-electron chi connectivity index (χ3n) is 4.25. The highest BCUT2D eigenvalue weighted by Crippen LogP contribution is 2.44. The summed E-state index contributed by atoms with van der Waals surface area (Å²) in [6.45, 7) is 3.26. The van der Waals surface area contributed by atoms with Gasteiger partial charge in [-0.2, -0.15) is 0 Å². The van der Waals surface area contributed by atoms with E-state index in [1.54, 1.807) is 0 Å². The molecule has 1 aliphatic carbocycles. The van der Waals surface area contributed by atoms with Crippen LogP contribution in [0.4, 0.5) is 4.79 Å². The topological polar surface area (TPSA) is 55.4 Å². The Morgan fingerprint density at radius 1 is 1.04 bits per heavy atom. The Balaban J connectivity index is 1.76. The van der Waals surface area contributed by atoms with Gasteiger partial charge in [-0.05, 0) is 47.7 Å². The number of ether oxygens (including phenoxy) is 1. The fraction of sp³-hybridized carbons (Fsp3) is 0.263. The van der Waals surface area contributed by atoms with Gasteiger partial charge in [0.05, 0.1) is 0 Å². The number of hydrogen-bond acceptors (Lipinski definition) is 3. The van der Waals surface area contributed by atoms with Gasteiger partial charge in [0.15, 0.2) is 0 Å². The molecule has 2 aromatic carbocycles. The van der Waals surface area contributed by atoms with Gasteiger partial charge in [-0.3, -0.25) is 4.79 Å². The van der Waals surface area contributed by atoms with Crippen molar-refractivity contribution in [1.82, 2.24) is 5.32 Å². The monoisotopic (exact) mass is 343 g/mol. The van der Waals surface area contributed by atoms with Gasteiger partial charge in [0.1, 0.15) is 12.1 Å². The zero-order valence-electron chi connectivity index (χ0n) is 13.5. The highest BCUT2D eigenvalue weighted by molar-refractivity contribution is 6.65. The molecule has 5 heteroatoms. The zero-order valence-corrected chi connectivity index (χ0v) is 14.3. The highest BCUT2D eigenvalue weighted by atomic mass is 35.5. The largest absolute Gasteiger partial charge is 0.449 e. The van der Waals surface area contributed by atoms with Crippen LogP contribution in [0.1, 0.15) is 30.9 Å². The van der Waals surface area contributed by atoms with Crippen molar-refractivity contribution in [2.75, 3.05) is 6.61 Å². The van der Waals surface area contributed by atoms with Crippen molar-refractivity contribution in [2.24, 2.45) is 0 Å². The Kier molecular flexibility index (Phi) is 4.33. The molecule has 124 valence electrons. The summed E-state index contributed by atoms with van der Waals surface area (Å²) in [6, 6.07) is 16.2. The van der Waals surface area contributed by atoms with Gasteiger partial charge in [0.2, 0.25) is 5.24 Å². The third kappa shape index (κ3) is 3.02. The van der Waals surface area contributed by atoms with E-state index in [9.17, 15) is 9.59 Å². The summed E-state index contributed by atoms with van der Waals surface area (Å²) in [4.78, 5) is 23.3. The average Bonchev–Trinajstić information content (AvgIpc) is 2.86. The molecule has 0 radical (unpaired) electrons. The number of carbonyl (C=O) groups is 2. The van der Waals surface area contributed by atoms with E-state index in [0.717, 1.165) is 11.1 Å². The number of benzene rings is 2. The number of nitrogens with one attached hydrogen (secondary N) is 1. The zero-order chi connectivity index (χ0) is 17.3.